The van der Waals surface area contributed by atoms with Crippen LogP contribution < -0.4 is 5.32 Å². The summed E-state index contributed by atoms with van der Waals surface area (Å²) in [6.45, 7) is 11.8. The second kappa shape index (κ2) is 13.4. The van der Waals surface area contributed by atoms with E-state index in [2.05, 4.69) is 18.3 Å². The fourth-order valence-electron chi connectivity index (χ4n) is 5.67. The third-order valence-electron chi connectivity index (χ3n) is 8.22. The summed E-state index contributed by atoms with van der Waals surface area (Å²) in [5, 5.41) is 24.1. The highest BCUT2D eigenvalue weighted by molar-refractivity contribution is 5.87. The molecule has 4 fully saturated rings. The maximum atomic E-state index is 12.6. The van der Waals surface area contributed by atoms with Crippen molar-refractivity contribution < 1.29 is 43.5 Å². The predicted octanol–water partition coefficient (Wildman–Crippen LogP) is 2.22. The molecule has 0 aromatic rings. The van der Waals surface area contributed by atoms with Crippen molar-refractivity contribution in [3.05, 3.63) is 36.0 Å². The number of aliphatic hydroxyl groups excluding tert-OH is 1. The average Bonchev–Trinajstić information content (AvgIpc) is 3.69. The molecule has 4 heterocycles. The van der Waals surface area contributed by atoms with Crippen molar-refractivity contribution in [2.24, 2.45) is 5.92 Å². The number of aliphatic hydroxyl groups is 2. The van der Waals surface area contributed by atoms with E-state index < -0.39 is 35.8 Å². The Hall–Kier alpha value is -2.28. The first-order valence-electron chi connectivity index (χ1n) is 14.6. The first-order chi connectivity index (χ1) is 19.4. The van der Waals surface area contributed by atoms with Gasteiger partial charge in [-0.15, -0.1) is 0 Å². The molecule has 4 aliphatic heterocycles. The molecule has 230 valence electrons. The second-order valence-electron chi connectivity index (χ2n) is 12.0. The summed E-state index contributed by atoms with van der Waals surface area (Å²) in [5.41, 5.74) is 0.274. The number of hydrogen-bond acceptors (Lipinski definition) is 9. The normalized spacial score (nSPS) is 38.8. The number of rotatable bonds is 8. The summed E-state index contributed by atoms with van der Waals surface area (Å²) in [5.74, 6) is -1.39. The van der Waals surface area contributed by atoms with Gasteiger partial charge in [-0.1, -0.05) is 30.7 Å². The summed E-state index contributed by atoms with van der Waals surface area (Å²) in [6.07, 6.45) is 7.84. The van der Waals surface area contributed by atoms with E-state index in [-0.39, 0.29) is 36.5 Å². The van der Waals surface area contributed by atoms with E-state index in [1.54, 1.807) is 30.9 Å². The van der Waals surface area contributed by atoms with Gasteiger partial charge in [0.05, 0.1) is 38.1 Å². The fourth-order valence-corrected chi connectivity index (χ4v) is 5.67. The van der Waals surface area contributed by atoms with Crippen LogP contribution in [0, 0.1) is 5.92 Å². The largest absolute Gasteiger partial charge is 0.442 e. The Balaban J connectivity index is 1.21. The van der Waals surface area contributed by atoms with Gasteiger partial charge in [0.25, 0.3) is 0 Å². The molecule has 0 aliphatic carbocycles. The molecule has 0 saturated carbocycles. The van der Waals surface area contributed by atoms with Crippen molar-refractivity contribution in [2.75, 3.05) is 32.9 Å². The van der Waals surface area contributed by atoms with Gasteiger partial charge in [0.1, 0.15) is 23.9 Å². The molecule has 1 unspecified atom stereocenters. The van der Waals surface area contributed by atoms with E-state index in [0.29, 0.717) is 39.3 Å². The lowest BCUT2D eigenvalue weighted by atomic mass is 9.87. The SMILES string of the molecule is CC(/C=C/[C@H]1O[C@](C)(O)C[C@@]2(CO2)[C@@H]1O)=C\C[C@@H]1O[C@H](C)C(NC(=O)/C=C\[C@H](C)OC(=O)N2CCOCC2)C[C@@H]1C. The zero-order valence-electron chi connectivity index (χ0n) is 24.8. The minimum atomic E-state index is -1.35. The molecule has 0 aromatic heterocycles. The van der Waals surface area contributed by atoms with Crippen molar-refractivity contribution in [3.63, 3.8) is 0 Å². The molecule has 2 amide bonds. The van der Waals surface area contributed by atoms with E-state index in [1.807, 2.05) is 19.9 Å². The van der Waals surface area contributed by atoms with Gasteiger partial charge >= 0.3 is 6.09 Å². The van der Waals surface area contributed by atoms with Gasteiger partial charge in [-0.3, -0.25) is 4.79 Å². The van der Waals surface area contributed by atoms with Crippen LogP contribution in [0.4, 0.5) is 4.79 Å². The molecule has 4 rings (SSSR count). The van der Waals surface area contributed by atoms with Crippen molar-refractivity contribution >= 4 is 12.0 Å². The second-order valence-corrected chi connectivity index (χ2v) is 12.0. The van der Waals surface area contributed by atoms with Crippen LogP contribution in [0.15, 0.2) is 36.0 Å². The molecule has 0 radical (unpaired) electrons. The number of ether oxygens (including phenoxy) is 5. The number of allylic oxidation sites excluding steroid dienone is 2. The Bertz CT molecular complexity index is 1020. The molecule has 3 N–H and O–H groups in total. The van der Waals surface area contributed by atoms with Crippen molar-refractivity contribution in [1.82, 2.24) is 10.2 Å². The Morgan fingerprint density at radius 1 is 1.22 bits per heavy atom. The molecule has 0 aromatic carbocycles. The van der Waals surface area contributed by atoms with E-state index in [0.717, 1.165) is 12.0 Å². The lowest BCUT2D eigenvalue weighted by Gasteiger charge is -2.40. The van der Waals surface area contributed by atoms with Gasteiger partial charge in [-0.2, -0.15) is 0 Å². The summed E-state index contributed by atoms with van der Waals surface area (Å²) < 4.78 is 28.0. The maximum absolute atomic E-state index is 12.6. The Morgan fingerprint density at radius 2 is 1.93 bits per heavy atom. The number of morpholine rings is 1. The summed E-state index contributed by atoms with van der Waals surface area (Å²) in [6, 6.07) is -0.135. The molecule has 4 saturated heterocycles. The zero-order chi connectivity index (χ0) is 29.8. The smallest absolute Gasteiger partial charge is 0.410 e. The molecular formula is C30H46N2O9. The topological polar surface area (TPSA) is 139 Å². The Morgan fingerprint density at radius 3 is 2.61 bits per heavy atom. The monoisotopic (exact) mass is 578 g/mol. The quantitative estimate of drug-likeness (QED) is 0.225. The third kappa shape index (κ3) is 8.62. The molecule has 11 heteroatoms. The van der Waals surface area contributed by atoms with E-state index in [4.69, 9.17) is 23.7 Å². The predicted molar refractivity (Wildman–Crippen MR) is 150 cm³/mol. The number of hydrogen-bond donors (Lipinski definition) is 3. The zero-order valence-corrected chi connectivity index (χ0v) is 24.8. The highest BCUT2D eigenvalue weighted by atomic mass is 16.7. The van der Waals surface area contributed by atoms with Crippen LogP contribution in [-0.4, -0.2) is 108 Å². The molecule has 0 bridgehead atoms. The number of carbonyl (C=O) groups is 2. The lowest BCUT2D eigenvalue weighted by molar-refractivity contribution is -0.272. The average molecular weight is 579 g/mol. The van der Waals surface area contributed by atoms with Gasteiger partial charge in [0.2, 0.25) is 5.91 Å². The number of epoxide rings is 1. The van der Waals surface area contributed by atoms with Gasteiger partial charge in [0.15, 0.2) is 5.79 Å². The summed E-state index contributed by atoms with van der Waals surface area (Å²) in [7, 11) is 0. The highest BCUT2D eigenvalue weighted by Gasteiger charge is 2.61. The van der Waals surface area contributed by atoms with Crippen molar-refractivity contribution in [2.45, 2.75) is 102 Å². The summed E-state index contributed by atoms with van der Waals surface area (Å²) >= 11 is 0. The van der Waals surface area contributed by atoms with Crippen LogP contribution in [0.2, 0.25) is 0 Å². The Kier molecular flexibility index (Phi) is 10.3. The van der Waals surface area contributed by atoms with Crippen LogP contribution in [-0.2, 0) is 28.5 Å². The standard InChI is InChI=1S/C30H46N2O9/c1-19(7-10-25-27(34)30(18-38-30)17-29(5,36)41-25)6-9-24-20(2)16-23(22(4)40-24)31-26(33)11-8-21(3)39-28(35)32-12-14-37-15-13-32/h6-8,10-11,20-25,27,34,36H,9,12-18H2,1-5H3,(H,31,33)/b10-7+,11-8-,19-6+/t20-,21-,22+,23?,24-,25+,27+,29-,30+/m0/s1. The first kappa shape index (κ1) is 31.7. The Labute approximate surface area is 242 Å². The molecule has 11 nitrogen and oxygen atoms in total. The highest BCUT2D eigenvalue weighted by Crippen LogP contribution is 2.45. The van der Waals surface area contributed by atoms with Gasteiger partial charge in [-0.25, -0.2) is 4.79 Å². The van der Waals surface area contributed by atoms with Gasteiger partial charge in [0, 0.05) is 25.6 Å². The van der Waals surface area contributed by atoms with Crippen molar-refractivity contribution in [3.8, 4) is 0 Å². The van der Waals surface area contributed by atoms with E-state index in [9.17, 15) is 19.8 Å². The third-order valence-corrected chi connectivity index (χ3v) is 8.22. The number of carbonyl (C=O) groups excluding carboxylic acids is 2. The van der Waals surface area contributed by atoms with Gasteiger partial charge in [-0.05, 0) is 52.5 Å². The number of nitrogens with one attached hydrogen (secondary N) is 1. The minimum absolute atomic E-state index is 0.00273. The van der Waals surface area contributed by atoms with Crippen LogP contribution in [0.25, 0.3) is 0 Å². The van der Waals surface area contributed by atoms with E-state index in [1.165, 1.54) is 6.08 Å². The molecule has 9 atom stereocenters. The van der Waals surface area contributed by atoms with E-state index >= 15 is 0 Å². The van der Waals surface area contributed by atoms with Crippen LogP contribution in [0.3, 0.4) is 0 Å². The fraction of sp³-hybridized carbons (Fsp3) is 0.733. The minimum Gasteiger partial charge on any atom is -0.442 e. The first-order valence-corrected chi connectivity index (χ1v) is 14.6. The lowest BCUT2D eigenvalue weighted by Crippen LogP contribution is -2.54. The van der Waals surface area contributed by atoms with Crippen molar-refractivity contribution in [1.29, 1.82) is 0 Å². The number of amides is 2. The molecule has 41 heavy (non-hydrogen) atoms. The number of nitrogens with zero attached hydrogens (tertiary/aromatic N) is 1. The van der Waals surface area contributed by atoms with Crippen LogP contribution in [0.1, 0.15) is 53.9 Å². The molecular weight excluding hydrogens is 532 g/mol. The van der Waals surface area contributed by atoms with Gasteiger partial charge < -0.3 is 44.1 Å². The van der Waals surface area contributed by atoms with Crippen LogP contribution >= 0.6 is 0 Å². The summed E-state index contributed by atoms with van der Waals surface area (Å²) in [4.78, 5) is 26.4. The molecule has 4 aliphatic rings. The molecule has 1 spiro atoms. The van der Waals surface area contributed by atoms with Crippen LogP contribution in [0.5, 0.6) is 0 Å². The maximum Gasteiger partial charge on any atom is 0.410 e.